The van der Waals surface area contributed by atoms with E-state index in [1.807, 2.05) is 0 Å². The number of carbonyl (C=O) groups is 3. The van der Waals surface area contributed by atoms with Crippen LogP contribution in [-0.2, 0) is 9.53 Å². The Morgan fingerprint density at radius 2 is 1.72 bits per heavy atom. The fraction of sp³-hybridized carbons (Fsp3) is 0.471. The molecular weight excluding hydrogens is 330 g/mol. The molecule has 1 amide bonds. The molecule has 0 saturated carbocycles. The van der Waals surface area contributed by atoms with Crippen LogP contribution in [0, 0.1) is 0 Å². The predicted molar refractivity (Wildman–Crippen MR) is 86.8 cm³/mol. The average molecular weight is 351 g/mol. The molecule has 0 radical (unpaired) electrons. The molecule has 8 nitrogen and oxygen atoms in total. The summed E-state index contributed by atoms with van der Waals surface area (Å²) in [6.07, 6.45) is -1.11. The molecule has 8 heteroatoms. The maximum absolute atomic E-state index is 12.2. The Balaban J connectivity index is 2.07. The molecule has 0 aliphatic carbocycles. The number of hydrogen-bond acceptors (Lipinski definition) is 5. The number of nitrogens with zero attached hydrogens (tertiary/aromatic N) is 1. The minimum Gasteiger partial charge on any atom is -0.488 e. The van der Waals surface area contributed by atoms with Gasteiger partial charge in [-0.05, 0) is 45.0 Å². The molecule has 136 valence electrons. The molecule has 25 heavy (non-hydrogen) atoms. The lowest BCUT2D eigenvalue weighted by molar-refractivity contribution is -0.142. The highest BCUT2D eigenvalue weighted by molar-refractivity contribution is 5.87. The minimum absolute atomic E-state index is 0.0760. The molecule has 0 unspecified atom stereocenters. The van der Waals surface area contributed by atoms with Gasteiger partial charge in [0.1, 0.15) is 23.5 Å². The second kappa shape index (κ2) is 7.00. The zero-order valence-corrected chi connectivity index (χ0v) is 14.3. The average Bonchev–Trinajstić information content (AvgIpc) is 2.90. The number of hydrogen-bond donors (Lipinski definition) is 2. The lowest BCUT2D eigenvalue weighted by atomic mass is 10.2. The highest BCUT2D eigenvalue weighted by Gasteiger charge is 2.42. The normalized spacial score (nSPS) is 20.2. The number of ether oxygens (including phenoxy) is 2. The second-order valence-electron chi connectivity index (χ2n) is 6.79. The molecule has 1 aromatic carbocycles. The van der Waals surface area contributed by atoms with Crippen LogP contribution in [0.3, 0.4) is 0 Å². The number of carboxylic acid groups (broad SMARTS) is 2. The van der Waals surface area contributed by atoms with Crippen molar-refractivity contribution in [1.29, 1.82) is 0 Å². The van der Waals surface area contributed by atoms with E-state index in [2.05, 4.69) is 0 Å². The number of aromatic carboxylic acids is 1. The topological polar surface area (TPSA) is 113 Å². The summed E-state index contributed by atoms with van der Waals surface area (Å²) in [5.74, 6) is -1.77. The first kappa shape index (κ1) is 18.6. The Bertz CT molecular complexity index is 663. The van der Waals surface area contributed by atoms with Crippen molar-refractivity contribution in [3.05, 3.63) is 29.8 Å². The van der Waals surface area contributed by atoms with E-state index >= 15 is 0 Å². The third-order valence-electron chi connectivity index (χ3n) is 3.58. The zero-order chi connectivity index (χ0) is 18.8. The smallest absolute Gasteiger partial charge is 0.411 e. The van der Waals surface area contributed by atoms with E-state index in [0.29, 0.717) is 5.75 Å². The molecule has 1 aromatic rings. The van der Waals surface area contributed by atoms with Crippen molar-refractivity contribution < 1.29 is 34.1 Å². The predicted octanol–water partition coefficient (Wildman–Crippen LogP) is 2.23. The third-order valence-corrected chi connectivity index (χ3v) is 3.58. The Labute approximate surface area is 144 Å². The highest BCUT2D eigenvalue weighted by atomic mass is 16.6. The van der Waals surface area contributed by atoms with Gasteiger partial charge >= 0.3 is 18.0 Å². The first-order valence-electron chi connectivity index (χ1n) is 7.79. The summed E-state index contributed by atoms with van der Waals surface area (Å²) in [7, 11) is 0. The van der Waals surface area contributed by atoms with Gasteiger partial charge in [-0.2, -0.15) is 0 Å². The van der Waals surface area contributed by atoms with Gasteiger partial charge in [0.25, 0.3) is 0 Å². The quantitative estimate of drug-likeness (QED) is 0.855. The number of benzene rings is 1. The summed E-state index contributed by atoms with van der Waals surface area (Å²) in [5, 5.41) is 18.2. The molecule has 2 atom stereocenters. The fourth-order valence-electron chi connectivity index (χ4n) is 2.51. The number of amides is 1. The standard InChI is InChI=1S/C17H21NO7/c1-17(2,3)25-16(23)18-9-12(8-13(18)15(21)22)24-11-6-4-10(5-7-11)14(19)20/h4-7,12-13H,8-9H2,1-3H3,(H,19,20)(H,21,22)/t12-,13-/m0/s1. The fourth-order valence-corrected chi connectivity index (χ4v) is 2.51. The molecular formula is C17H21NO7. The monoisotopic (exact) mass is 351 g/mol. The first-order valence-corrected chi connectivity index (χ1v) is 7.79. The Morgan fingerprint density at radius 1 is 1.12 bits per heavy atom. The van der Waals surface area contributed by atoms with Crippen molar-refractivity contribution >= 4 is 18.0 Å². The molecule has 2 rings (SSSR count). The van der Waals surface area contributed by atoms with Crippen LogP contribution in [0.5, 0.6) is 5.75 Å². The summed E-state index contributed by atoms with van der Waals surface area (Å²) in [4.78, 5) is 35.6. The summed E-state index contributed by atoms with van der Waals surface area (Å²) in [5.41, 5.74) is -0.608. The Kier molecular flexibility index (Phi) is 5.20. The van der Waals surface area contributed by atoms with E-state index < -0.39 is 35.8 Å². The van der Waals surface area contributed by atoms with E-state index in [1.165, 1.54) is 24.3 Å². The van der Waals surface area contributed by atoms with E-state index in [4.69, 9.17) is 14.6 Å². The van der Waals surface area contributed by atoms with E-state index in [-0.39, 0.29) is 18.5 Å². The van der Waals surface area contributed by atoms with Crippen LogP contribution >= 0.6 is 0 Å². The van der Waals surface area contributed by atoms with Crippen molar-refractivity contribution in [3.8, 4) is 5.75 Å². The molecule has 0 aromatic heterocycles. The molecule has 1 saturated heterocycles. The zero-order valence-electron chi connectivity index (χ0n) is 14.3. The minimum atomic E-state index is -1.13. The lowest BCUT2D eigenvalue weighted by Crippen LogP contribution is -2.43. The van der Waals surface area contributed by atoms with Gasteiger partial charge < -0.3 is 19.7 Å². The molecule has 1 fully saturated rings. The van der Waals surface area contributed by atoms with Crippen molar-refractivity contribution in [2.45, 2.75) is 44.9 Å². The second-order valence-corrected chi connectivity index (χ2v) is 6.79. The largest absolute Gasteiger partial charge is 0.488 e. The van der Waals surface area contributed by atoms with Gasteiger partial charge in [-0.3, -0.25) is 4.90 Å². The van der Waals surface area contributed by atoms with E-state index in [1.54, 1.807) is 20.8 Å². The van der Waals surface area contributed by atoms with Crippen LogP contribution in [0.4, 0.5) is 4.79 Å². The van der Waals surface area contributed by atoms with Gasteiger partial charge in [-0.1, -0.05) is 0 Å². The van der Waals surface area contributed by atoms with Gasteiger partial charge in [0.2, 0.25) is 0 Å². The van der Waals surface area contributed by atoms with Gasteiger partial charge in [-0.25, -0.2) is 14.4 Å². The van der Waals surface area contributed by atoms with Crippen molar-refractivity contribution in [1.82, 2.24) is 4.90 Å². The molecule has 1 heterocycles. The SMILES string of the molecule is CC(C)(C)OC(=O)N1C[C@@H](Oc2ccc(C(=O)O)cc2)C[C@H]1C(=O)O. The highest BCUT2D eigenvalue weighted by Crippen LogP contribution is 2.25. The summed E-state index contributed by atoms with van der Waals surface area (Å²) in [6, 6.07) is 4.75. The van der Waals surface area contributed by atoms with Crippen molar-refractivity contribution in [2.75, 3.05) is 6.54 Å². The number of rotatable bonds is 4. The molecule has 1 aliphatic rings. The van der Waals surface area contributed by atoms with Crippen LogP contribution < -0.4 is 4.74 Å². The lowest BCUT2D eigenvalue weighted by Gasteiger charge is -2.26. The molecule has 0 bridgehead atoms. The third kappa shape index (κ3) is 4.85. The molecule has 0 spiro atoms. The maximum Gasteiger partial charge on any atom is 0.411 e. The number of carboxylic acids is 2. The van der Waals surface area contributed by atoms with Crippen LogP contribution in [0.25, 0.3) is 0 Å². The maximum atomic E-state index is 12.2. The Morgan fingerprint density at radius 3 is 2.20 bits per heavy atom. The van der Waals surface area contributed by atoms with E-state index in [0.717, 1.165) is 4.90 Å². The van der Waals surface area contributed by atoms with E-state index in [9.17, 15) is 19.5 Å². The van der Waals surface area contributed by atoms with Gasteiger partial charge in [0.05, 0.1) is 12.1 Å². The van der Waals surface area contributed by atoms with Crippen LogP contribution in [-0.4, -0.2) is 57.4 Å². The molecule has 2 N–H and O–H groups in total. The Hall–Kier alpha value is -2.77. The number of likely N-dealkylation sites (tertiary alicyclic amines) is 1. The van der Waals surface area contributed by atoms with Crippen LogP contribution in [0.1, 0.15) is 37.6 Å². The van der Waals surface area contributed by atoms with Gasteiger partial charge in [0, 0.05) is 6.42 Å². The summed E-state index contributed by atoms with van der Waals surface area (Å²) >= 11 is 0. The summed E-state index contributed by atoms with van der Waals surface area (Å²) in [6.45, 7) is 5.19. The number of aliphatic carboxylic acids is 1. The van der Waals surface area contributed by atoms with Crippen molar-refractivity contribution in [3.63, 3.8) is 0 Å². The first-order chi connectivity index (χ1) is 11.6. The van der Waals surface area contributed by atoms with Gasteiger partial charge in [0.15, 0.2) is 0 Å². The number of carbonyl (C=O) groups excluding carboxylic acids is 1. The van der Waals surface area contributed by atoms with Crippen molar-refractivity contribution in [2.24, 2.45) is 0 Å². The summed E-state index contributed by atoms with van der Waals surface area (Å²) < 4.78 is 10.9. The van der Waals surface area contributed by atoms with Gasteiger partial charge in [-0.15, -0.1) is 0 Å². The van der Waals surface area contributed by atoms with Crippen LogP contribution in [0.15, 0.2) is 24.3 Å². The van der Waals surface area contributed by atoms with Crippen LogP contribution in [0.2, 0.25) is 0 Å². The molecule has 1 aliphatic heterocycles.